The van der Waals surface area contributed by atoms with Crippen molar-refractivity contribution in [2.75, 3.05) is 5.32 Å². The van der Waals surface area contributed by atoms with Crippen molar-refractivity contribution in [3.63, 3.8) is 0 Å². The number of nitrogens with zero attached hydrogens (tertiary/aromatic N) is 3. The number of hydrogen-bond acceptors (Lipinski definition) is 4. The quantitative estimate of drug-likeness (QED) is 0.882. The van der Waals surface area contributed by atoms with E-state index in [2.05, 4.69) is 27.4 Å². The third-order valence-corrected chi connectivity index (χ3v) is 4.59. The second kappa shape index (κ2) is 6.23. The number of hydrogen-bond donors (Lipinski definition) is 1. The van der Waals surface area contributed by atoms with Gasteiger partial charge in [-0.15, -0.1) is 0 Å². The summed E-state index contributed by atoms with van der Waals surface area (Å²) in [5.41, 5.74) is 2.16. The zero-order chi connectivity index (χ0) is 16.5. The van der Waals surface area contributed by atoms with Crippen LogP contribution in [0.1, 0.15) is 49.9 Å². The normalized spacial score (nSPS) is 16.7. The molecule has 0 saturated heterocycles. The number of benzene rings is 1. The predicted molar refractivity (Wildman–Crippen MR) is 93.0 cm³/mol. The van der Waals surface area contributed by atoms with Gasteiger partial charge in [0.1, 0.15) is 11.6 Å². The number of carbonyl (C=O) groups is 1. The monoisotopic (exact) mass is 322 g/mol. The van der Waals surface area contributed by atoms with E-state index in [1.807, 2.05) is 29.3 Å². The van der Waals surface area contributed by atoms with Gasteiger partial charge in [-0.2, -0.15) is 0 Å². The maximum Gasteiger partial charge on any atom is 0.219 e. The Morgan fingerprint density at radius 1 is 1.17 bits per heavy atom. The van der Waals surface area contributed by atoms with Gasteiger partial charge in [-0.3, -0.25) is 4.79 Å². The van der Waals surface area contributed by atoms with E-state index in [0.717, 1.165) is 35.7 Å². The lowest BCUT2D eigenvalue weighted by Gasteiger charge is -2.20. The largest absolute Gasteiger partial charge is 0.340 e. The Kier molecular flexibility index (Phi) is 3.92. The summed E-state index contributed by atoms with van der Waals surface area (Å²) < 4.78 is 0. The summed E-state index contributed by atoms with van der Waals surface area (Å²) in [6.45, 7) is 2.35. The van der Waals surface area contributed by atoms with Gasteiger partial charge >= 0.3 is 0 Å². The standard InChI is InChI=1S/C19H22N4O/c1-13(24)23(17-8-9-17)12-14-2-6-16(7-3-14)21-18-10-11-20-19(22-18)15-4-5-15/h2-3,6-7,10-11,15,17H,4-5,8-9,12H2,1H3,(H,20,21,22). The van der Waals surface area contributed by atoms with Gasteiger partial charge in [-0.05, 0) is 49.4 Å². The molecule has 1 amide bonds. The Bertz CT molecular complexity index is 735. The van der Waals surface area contributed by atoms with E-state index in [9.17, 15) is 4.79 Å². The van der Waals surface area contributed by atoms with Crippen LogP contribution in [0, 0.1) is 0 Å². The van der Waals surface area contributed by atoms with Crippen molar-refractivity contribution < 1.29 is 4.79 Å². The highest BCUT2D eigenvalue weighted by atomic mass is 16.2. The van der Waals surface area contributed by atoms with Crippen molar-refractivity contribution in [1.82, 2.24) is 14.9 Å². The van der Waals surface area contributed by atoms with Gasteiger partial charge in [0.15, 0.2) is 0 Å². The fourth-order valence-electron chi connectivity index (χ4n) is 2.90. The third kappa shape index (κ3) is 3.55. The van der Waals surface area contributed by atoms with E-state index in [0.29, 0.717) is 18.5 Å². The Morgan fingerprint density at radius 2 is 1.92 bits per heavy atom. The molecule has 2 aromatic rings. The highest BCUT2D eigenvalue weighted by molar-refractivity contribution is 5.74. The van der Waals surface area contributed by atoms with E-state index >= 15 is 0 Å². The summed E-state index contributed by atoms with van der Waals surface area (Å²) >= 11 is 0. The first kappa shape index (κ1) is 15.1. The summed E-state index contributed by atoms with van der Waals surface area (Å²) in [7, 11) is 0. The summed E-state index contributed by atoms with van der Waals surface area (Å²) in [5, 5.41) is 3.33. The van der Waals surface area contributed by atoms with Crippen LogP contribution in [0.5, 0.6) is 0 Å². The Labute approximate surface area is 142 Å². The lowest BCUT2D eigenvalue weighted by atomic mass is 10.2. The highest BCUT2D eigenvalue weighted by Gasteiger charge is 2.30. The molecule has 5 heteroatoms. The first-order chi connectivity index (χ1) is 11.7. The summed E-state index contributed by atoms with van der Waals surface area (Å²) in [4.78, 5) is 22.6. The zero-order valence-electron chi connectivity index (χ0n) is 13.9. The van der Waals surface area contributed by atoms with Crippen LogP contribution in [0.2, 0.25) is 0 Å². The van der Waals surface area contributed by atoms with Crippen LogP contribution in [-0.2, 0) is 11.3 Å². The molecule has 5 nitrogen and oxygen atoms in total. The molecule has 0 spiro atoms. The van der Waals surface area contributed by atoms with Gasteiger partial charge in [-0.1, -0.05) is 12.1 Å². The average molecular weight is 322 g/mol. The second-order valence-corrected chi connectivity index (χ2v) is 6.77. The Hall–Kier alpha value is -2.43. The molecule has 0 atom stereocenters. The molecule has 0 bridgehead atoms. The predicted octanol–water partition coefficient (Wildman–Crippen LogP) is 3.61. The van der Waals surface area contributed by atoms with Crippen molar-refractivity contribution in [2.24, 2.45) is 0 Å². The topological polar surface area (TPSA) is 58.1 Å². The summed E-state index contributed by atoms with van der Waals surface area (Å²) in [5.74, 6) is 2.49. The maximum absolute atomic E-state index is 11.7. The van der Waals surface area contributed by atoms with Gasteiger partial charge in [0.05, 0.1) is 0 Å². The van der Waals surface area contributed by atoms with Crippen LogP contribution >= 0.6 is 0 Å². The maximum atomic E-state index is 11.7. The van der Waals surface area contributed by atoms with E-state index < -0.39 is 0 Å². The average Bonchev–Trinajstić information content (AvgIpc) is 3.48. The van der Waals surface area contributed by atoms with Crippen LogP contribution < -0.4 is 5.32 Å². The van der Waals surface area contributed by atoms with Gasteiger partial charge in [0, 0.05) is 37.3 Å². The van der Waals surface area contributed by atoms with E-state index in [-0.39, 0.29) is 5.91 Å². The van der Waals surface area contributed by atoms with Crippen molar-refractivity contribution in [3.05, 3.63) is 47.9 Å². The Morgan fingerprint density at radius 3 is 2.54 bits per heavy atom. The number of amides is 1. The number of anilines is 2. The Balaban J connectivity index is 1.41. The minimum atomic E-state index is 0.160. The SMILES string of the molecule is CC(=O)N(Cc1ccc(Nc2ccnc(C3CC3)n2)cc1)C1CC1. The van der Waals surface area contributed by atoms with Gasteiger partial charge in [0.25, 0.3) is 0 Å². The third-order valence-electron chi connectivity index (χ3n) is 4.59. The van der Waals surface area contributed by atoms with Crippen LogP contribution in [0.4, 0.5) is 11.5 Å². The van der Waals surface area contributed by atoms with Crippen LogP contribution in [0.15, 0.2) is 36.5 Å². The molecule has 24 heavy (non-hydrogen) atoms. The lowest BCUT2D eigenvalue weighted by molar-refractivity contribution is -0.130. The fraction of sp³-hybridized carbons (Fsp3) is 0.421. The summed E-state index contributed by atoms with van der Waals surface area (Å²) in [6, 6.07) is 10.6. The molecular formula is C19H22N4O. The molecule has 1 N–H and O–H groups in total. The molecule has 1 aromatic heterocycles. The van der Waals surface area contributed by atoms with Crippen LogP contribution in [0.25, 0.3) is 0 Å². The van der Waals surface area contributed by atoms with Crippen molar-refractivity contribution >= 4 is 17.4 Å². The highest BCUT2D eigenvalue weighted by Crippen LogP contribution is 2.38. The first-order valence-electron chi connectivity index (χ1n) is 8.65. The van der Waals surface area contributed by atoms with Crippen LogP contribution in [-0.4, -0.2) is 26.8 Å². The first-order valence-corrected chi connectivity index (χ1v) is 8.65. The lowest BCUT2D eigenvalue weighted by Crippen LogP contribution is -2.30. The molecule has 0 aliphatic heterocycles. The molecular weight excluding hydrogens is 300 g/mol. The minimum absolute atomic E-state index is 0.160. The van der Waals surface area contributed by atoms with Gasteiger partial charge in [-0.25, -0.2) is 9.97 Å². The fourth-order valence-corrected chi connectivity index (χ4v) is 2.90. The molecule has 4 rings (SSSR count). The number of carbonyl (C=O) groups excluding carboxylic acids is 1. The molecule has 0 unspecified atom stereocenters. The van der Waals surface area contributed by atoms with Crippen molar-refractivity contribution in [3.8, 4) is 0 Å². The van der Waals surface area contributed by atoms with Gasteiger partial charge < -0.3 is 10.2 Å². The number of rotatable bonds is 6. The molecule has 2 aliphatic rings. The summed E-state index contributed by atoms with van der Waals surface area (Å²) in [6.07, 6.45) is 6.49. The zero-order valence-corrected chi connectivity index (χ0v) is 13.9. The molecule has 1 heterocycles. The molecule has 124 valence electrons. The van der Waals surface area contributed by atoms with E-state index in [1.54, 1.807) is 6.92 Å². The van der Waals surface area contributed by atoms with E-state index in [4.69, 9.17) is 0 Å². The number of nitrogens with one attached hydrogen (secondary N) is 1. The minimum Gasteiger partial charge on any atom is -0.340 e. The van der Waals surface area contributed by atoms with Crippen LogP contribution in [0.3, 0.4) is 0 Å². The molecule has 2 aliphatic carbocycles. The van der Waals surface area contributed by atoms with Crippen molar-refractivity contribution in [2.45, 2.75) is 51.1 Å². The number of aromatic nitrogens is 2. The molecule has 0 radical (unpaired) electrons. The van der Waals surface area contributed by atoms with Crippen molar-refractivity contribution in [1.29, 1.82) is 0 Å². The smallest absolute Gasteiger partial charge is 0.219 e. The van der Waals surface area contributed by atoms with Gasteiger partial charge in [0.2, 0.25) is 5.91 Å². The molecule has 2 saturated carbocycles. The molecule has 1 aromatic carbocycles. The second-order valence-electron chi connectivity index (χ2n) is 6.77. The van der Waals surface area contributed by atoms with E-state index in [1.165, 1.54) is 12.8 Å². The molecule has 2 fully saturated rings.